The van der Waals surface area contributed by atoms with Crippen LogP contribution < -0.4 is 4.74 Å². The Balaban J connectivity index is 2.07. The van der Waals surface area contributed by atoms with Crippen molar-refractivity contribution in [2.45, 2.75) is 0 Å². The zero-order valence-corrected chi connectivity index (χ0v) is 13.6. The molecule has 0 unspecified atom stereocenters. The van der Waals surface area contributed by atoms with Crippen molar-refractivity contribution in [3.05, 3.63) is 70.3 Å². The van der Waals surface area contributed by atoms with E-state index in [-0.39, 0.29) is 22.2 Å². The normalized spacial score (nSPS) is 10.4. The van der Waals surface area contributed by atoms with Gasteiger partial charge in [-0.15, -0.1) is 0 Å². The highest BCUT2D eigenvalue weighted by Crippen LogP contribution is 2.33. The first-order chi connectivity index (χ1) is 11.5. The summed E-state index contributed by atoms with van der Waals surface area (Å²) in [7, 11) is 0. The Morgan fingerprint density at radius 3 is 2.54 bits per heavy atom. The second-order valence-electron chi connectivity index (χ2n) is 4.76. The van der Waals surface area contributed by atoms with Crippen LogP contribution >= 0.6 is 23.2 Å². The van der Waals surface area contributed by atoms with E-state index in [1.54, 1.807) is 12.1 Å². The van der Waals surface area contributed by atoms with Crippen molar-refractivity contribution in [3.8, 4) is 23.0 Å². The van der Waals surface area contributed by atoms with Crippen molar-refractivity contribution >= 4 is 29.2 Å². The van der Waals surface area contributed by atoms with Crippen LogP contribution in [0.25, 0.3) is 11.4 Å². The Morgan fingerprint density at radius 2 is 1.83 bits per heavy atom. The maximum Gasteiger partial charge on any atom is 0.342 e. The molecule has 2 aromatic carbocycles. The molecule has 0 saturated carbocycles. The van der Waals surface area contributed by atoms with Crippen LogP contribution in [0.2, 0.25) is 10.0 Å². The van der Waals surface area contributed by atoms with Gasteiger partial charge in [0.1, 0.15) is 11.3 Å². The van der Waals surface area contributed by atoms with Crippen LogP contribution in [0.3, 0.4) is 0 Å². The lowest BCUT2D eigenvalue weighted by molar-refractivity contribution is 0.0693. The fourth-order valence-electron chi connectivity index (χ4n) is 1.98. The summed E-state index contributed by atoms with van der Waals surface area (Å²) in [6.45, 7) is 0. The number of ether oxygens (including phenoxy) is 1. The molecule has 0 saturated heterocycles. The van der Waals surface area contributed by atoms with E-state index in [0.717, 1.165) is 5.56 Å². The maximum absolute atomic E-state index is 11.4. The van der Waals surface area contributed by atoms with Crippen molar-refractivity contribution in [1.29, 1.82) is 0 Å². The number of carbonyl (C=O) groups is 1. The monoisotopic (exact) mass is 360 g/mol. The zero-order valence-electron chi connectivity index (χ0n) is 12.1. The van der Waals surface area contributed by atoms with Crippen molar-refractivity contribution in [2.75, 3.05) is 0 Å². The standard InChI is InChI=1S/C17H10Cl2N2O3/c18-11-6-7-13(19)14(8-11)24-16-12(17(22)23)9-20-15(21-16)10-4-2-1-3-5-10/h1-9H,(H,22,23). The molecule has 5 nitrogen and oxygen atoms in total. The van der Waals surface area contributed by atoms with Gasteiger partial charge in [-0.3, -0.25) is 0 Å². The van der Waals surface area contributed by atoms with Crippen molar-refractivity contribution < 1.29 is 14.6 Å². The van der Waals surface area contributed by atoms with Gasteiger partial charge < -0.3 is 9.84 Å². The molecule has 0 aliphatic rings. The van der Waals surface area contributed by atoms with Crippen LogP contribution in [-0.4, -0.2) is 21.0 Å². The number of hydrogen-bond acceptors (Lipinski definition) is 4. The maximum atomic E-state index is 11.4. The Hall–Kier alpha value is -2.63. The molecule has 0 spiro atoms. The molecule has 1 N–H and O–H groups in total. The first-order valence-corrected chi connectivity index (χ1v) is 7.59. The van der Waals surface area contributed by atoms with Gasteiger partial charge in [0.25, 0.3) is 0 Å². The molecule has 0 atom stereocenters. The molecule has 0 radical (unpaired) electrons. The summed E-state index contributed by atoms with van der Waals surface area (Å²) in [5.74, 6) is -0.763. The molecule has 24 heavy (non-hydrogen) atoms. The second-order valence-corrected chi connectivity index (χ2v) is 5.60. The molecule has 0 bridgehead atoms. The minimum atomic E-state index is -1.21. The first-order valence-electron chi connectivity index (χ1n) is 6.83. The van der Waals surface area contributed by atoms with Gasteiger partial charge >= 0.3 is 5.97 Å². The minimum Gasteiger partial charge on any atom is -0.477 e. The number of aromatic nitrogens is 2. The largest absolute Gasteiger partial charge is 0.477 e. The van der Waals surface area contributed by atoms with E-state index in [2.05, 4.69) is 9.97 Å². The quantitative estimate of drug-likeness (QED) is 0.713. The second kappa shape index (κ2) is 6.86. The average Bonchev–Trinajstić information content (AvgIpc) is 2.58. The summed E-state index contributed by atoms with van der Waals surface area (Å²) >= 11 is 12.0. The summed E-state index contributed by atoms with van der Waals surface area (Å²) in [4.78, 5) is 19.7. The molecule has 0 fully saturated rings. The van der Waals surface area contributed by atoms with Gasteiger partial charge in [-0.05, 0) is 12.1 Å². The molecule has 1 heterocycles. The van der Waals surface area contributed by atoms with E-state index in [0.29, 0.717) is 10.8 Å². The first kappa shape index (κ1) is 16.2. The third kappa shape index (κ3) is 3.48. The number of nitrogens with zero attached hydrogens (tertiary/aromatic N) is 2. The van der Waals surface area contributed by atoms with Gasteiger partial charge in [-0.2, -0.15) is 4.98 Å². The lowest BCUT2D eigenvalue weighted by Gasteiger charge is -2.10. The van der Waals surface area contributed by atoms with Gasteiger partial charge in [0.05, 0.1) is 5.02 Å². The van der Waals surface area contributed by atoms with E-state index in [1.165, 1.54) is 12.3 Å². The number of halogens is 2. The summed E-state index contributed by atoms with van der Waals surface area (Å²) in [5, 5.41) is 10.0. The summed E-state index contributed by atoms with van der Waals surface area (Å²) in [5.41, 5.74) is 0.558. The van der Waals surface area contributed by atoms with E-state index >= 15 is 0 Å². The third-order valence-electron chi connectivity index (χ3n) is 3.12. The van der Waals surface area contributed by atoms with Gasteiger partial charge in [0, 0.05) is 22.8 Å². The van der Waals surface area contributed by atoms with Crippen LogP contribution in [-0.2, 0) is 0 Å². The molecule has 120 valence electrons. The predicted octanol–water partition coefficient (Wildman–Crippen LogP) is 4.94. The highest BCUT2D eigenvalue weighted by Gasteiger charge is 2.18. The summed E-state index contributed by atoms with van der Waals surface area (Å²) in [6, 6.07) is 13.8. The minimum absolute atomic E-state index is 0.111. The smallest absolute Gasteiger partial charge is 0.342 e. The fourth-order valence-corrected chi connectivity index (χ4v) is 2.29. The Kier molecular flexibility index (Phi) is 4.64. The Labute approximate surface area is 147 Å². The number of hydrogen-bond donors (Lipinski definition) is 1. The number of carboxylic acids is 1. The molecule has 0 aliphatic carbocycles. The van der Waals surface area contributed by atoms with E-state index in [1.807, 2.05) is 30.3 Å². The molecule has 3 aromatic rings. The Bertz CT molecular complexity index is 902. The lowest BCUT2D eigenvalue weighted by atomic mass is 10.2. The average molecular weight is 361 g/mol. The number of carboxylic acid groups (broad SMARTS) is 1. The molecule has 1 aromatic heterocycles. The van der Waals surface area contributed by atoms with E-state index in [4.69, 9.17) is 27.9 Å². The van der Waals surface area contributed by atoms with Crippen LogP contribution in [0.1, 0.15) is 10.4 Å². The molecule has 7 heteroatoms. The van der Waals surface area contributed by atoms with Gasteiger partial charge in [-0.1, -0.05) is 53.5 Å². The molecule has 3 rings (SSSR count). The zero-order chi connectivity index (χ0) is 17.1. The number of benzene rings is 2. The predicted molar refractivity (Wildman–Crippen MR) is 91.0 cm³/mol. The van der Waals surface area contributed by atoms with Crippen molar-refractivity contribution in [3.63, 3.8) is 0 Å². The van der Waals surface area contributed by atoms with Gasteiger partial charge in [-0.25, -0.2) is 9.78 Å². The Morgan fingerprint density at radius 1 is 1.08 bits per heavy atom. The molecular formula is C17H10Cl2N2O3. The number of aromatic carboxylic acids is 1. The van der Waals surface area contributed by atoms with Crippen molar-refractivity contribution in [2.24, 2.45) is 0 Å². The molecule has 0 aliphatic heterocycles. The van der Waals surface area contributed by atoms with Gasteiger partial charge in [0.15, 0.2) is 5.82 Å². The third-order valence-corrected chi connectivity index (χ3v) is 3.66. The molecule has 0 amide bonds. The van der Waals surface area contributed by atoms with Crippen molar-refractivity contribution in [1.82, 2.24) is 9.97 Å². The summed E-state index contributed by atoms with van der Waals surface area (Å²) in [6.07, 6.45) is 1.20. The summed E-state index contributed by atoms with van der Waals surface area (Å²) < 4.78 is 5.60. The number of rotatable bonds is 4. The SMILES string of the molecule is O=C(O)c1cnc(-c2ccccc2)nc1Oc1cc(Cl)ccc1Cl. The fraction of sp³-hybridized carbons (Fsp3) is 0. The molecular weight excluding hydrogens is 351 g/mol. The van der Waals surface area contributed by atoms with Crippen LogP contribution in [0.4, 0.5) is 0 Å². The van der Waals surface area contributed by atoms with Gasteiger partial charge in [0.2, 0.25) is 5.88 Å². The van der Waals surface area contributed by atoms with Crippen LogP contribution in [0.15, 0.2) is 54.7 Å². The van der Waals surface area contributed by atoms with E-state index < -0.39 is 5.97 Å². The highest BCUT2D eigenvalue weighted by atomic mass is 35.5. The highest BCUT2D eigenvalue weighted by molar-refractivity contribution is 6.34. The van der Waals surface area contributed by atoms with Crippen LogP contribution in [0, 0.1) is 0 Å². The topological polar surface area (TPSA) is 72.3 Å². The van der Waals surface area contributed by atoms with Crippen LogP contribution in [0.5, 0.6) is 11.6 Å². The lowest BCUT2D eigenvalue weighted by Crippen LogP contribution is -2.05. The van der Waals surface area contributed by atoms with E-state index in [9.17, 15) is 9.90 Å².